The summed E-state index contributed by atoms with van der Waals surface area (Å²) in [5.41, 5.74) is 1.34. The molecule has 0 spiro atoms. The monoisotopic (exact) mass is 416 g/mol. The molecule has 0 N–H and O–H groups in total. The smallest absolute Gasteiger partial charge is 0.279 e. The van der Waals surface area contributed by atoms with Crippen LogP contribution >= 0.6 is 11.3 Å². The van der Waals surface area contributed by atoms with E-state index in [2.05, 4.69) is 4.99 Å². The van der Waals surface area contributed by atoms with E-state index in [1.54, 1.807) is 32.4 Å². The molecule has 8 heteroatoms. The molecular weight excluding hydrogens is 392 g/mol. The first kappa shape index (κ1) is 20.7. The van der Waals surface area contributed by atoms with E-state index >= 15 is 0 Å². The quantitative estimate of drug-likeness (QED) is 0.586. The van der Waals surface area contributed by atoms with Crippen LogP contribution in [0.3, 0.4) is 0 Å². The van der Waals surface area contributed by atoms with Crippen molar-refractivity contribution in [1.29, 1.82) is 0 Å². The Morgan fingerprint density at radius 3 is 2.28 bits per heavy atom. The summed E-state index contributed by atoms with van der Waals surface area (Å²) in [5, 5.41) is 0. The molecule has 0 aliphatic carbocycles. The highest BCUT2D eigenvalue weighted by atomic mass is 32.1. The minimum Gasteiger partial charge on any atom is -0.493 e. The zero-order valence-electron chi connectivity index (χ0n) is 17.1. The molecule has 1 heterocycles. The van der Waals surface area contributed by atoms with E-state index in [4.69, 9.17) is 18.9 Å². The first-order valence-electron chi connectivity index (χ1n) is 9.22. The number of aryl methyl sites for hydroxylation is 1. The van der Waals surface area contributed by atoms with Gasteiger partial charge in [-0.2, -0.15) is 4.99 Å². The number of hydrogen-bond acceptors (Lipinski definition) is 6. The molecule has 154 valence electrons. The molecule has 2 aromatic carbocycles. The summed E-state index contributed by atoms with van der Waals surface area (Å²) < 4.78 is 24.7. The van der Waals surface area contributed by atoms with Crippen molar-refractivity contribution in [1.82, 2.24) is 4.57 Å². The minimum atomic E-state index is -0.352. The molecule has 29 heavy (non-hydrogen) atoms. The first-order chi connectivity index (χ1) is 14.0. The summed E-state index contributed by atoms with van der Waals surface area (Å²) in [4.78, 5) is 17.7. The van der Waals surface area contributed by atoms with Crippen molar-refractivity contribution < 1.29 is 23.7 Å². The Morgan fingerprint density at radius 1 is 0.966 bits per heavy atom. The summed E-state index contributed by atoms with van der Waals surface area (Å²) in [7, 11) is 5.04. The van der Waals surface area contributed by atoms with Crippen LogP contribution in [0.4, 0.5) is 0 Å². The Labute approximate surface area is 173 Å². The summed E-state index contributed by atoms with van der Waals surface area (Å²) in [6.07, 6.45) is 0. The number of benzene rings is 2. The third-order valence-corrected chi connectivity index (χ3v) is 5.40. The molecule has 0 unspecified atom stereocenters. The van der Waals surface area contributed by atoms with E-state index < -0.39 is 0 Å². The molecule has 0 radical (unpaired) electrons. The van der Waals surface area contributed by atoms with Crippen LogP contribution in [-0.4, -0.2) is 37.9 Å². The van der Waals surface area contributed by atoms with Gasteiger partial charge in [0.1, 0.15) is 0 Å². The third-order valence-electron chi connectivity index (χ3n) is 4.30. The van der Waals surface area contributed by atoms with Gasteiger partial charge in [-0.3, -0.25) is 4.79 Å². The molecule has 0 aliphatic heterocycles. The minimum absolute atomic E-state index is 0.352. The summed E-state index contributed by atoms with van der Waals surface area (Å²) in [6.45, 7) is 4.77. The van der Waals surface area contributed by atoms with Gasteiger partial charge >= 0.3 is 0 Å². The molecule has 0 saturated carbocycles. The number of amides is 1. The first-order valence-corrected chi connectivity index (χ1v) is 10.0. The lowest BCUT2D eigenvalue weighted by Gasteiger charge is -2.11. The van der Waals surface area contributed by atoms with Gasteiger partial charge < -0.3 is 23.5 Å². The average Bonchev–Trinajstić information content (AvgIpc) is 3.03. The largest absolute Gasteiger partial charge is 0.493 e. The van der Waals surface area contributed by atoms with Crippen molar-refractivity contribution >= 4 is 27.5 Å². The zero-order chi connectivity index (χ0) is 21.0. The SMILES string of the molecule is CCOc1ccc(C(=O)N=c2sc3cc(OC)c(OC)cc3n2C)cc1OCC. The predicted molar refractivity (Wildman–Crippen MR) is 113 cm³/mol. The Balaban J connectivity index is 2.03. The van der Waals surface area contributed by atoms with E-state index in [1.165, 1.54) is 11.3 Å². The molecule has 3 aromatic rings. The van der Waals surface area contributed by atoms with Gasteiger partial charge in [-0.25, -0.2) is 0 Å². The van der Waals surface area contributed by atoms with Crippen molar-refractivity contribution in [2.24, 2.45) is 12.0 Å². The fraction of sp³-hybridized carbons (Fsp3) is 0.333. The van der Waals surface area contributed by atoms with E-state index in [-0.39, 0.29) is 5.91 Å². The van der Waals surface area contributed by atoms with Crippen molar-refractivity contribution in [2.75, 3.05) is 27.4 Å². The fourth-order valence-corrected chi connectivity index (χ4v) is 3.92. The second-order valence-corrected chi connectivity index (χ2v) is 7.07. The highest BCUT2D eigenvalue weighted by Gasteiger charge is 2.14. The van der Waals surface area contributed by atoms with Crippen molar-refractivity contribution in [3.63, 3.8) is 0 Å². The van der Waals surface area contributed by atoms with Crippen LogP contribution < -0.4 is 23.7 Å². The van der Waals surface area contributed by atoms with Crippen LogP contribution in [-0.2, 0) is 7.05 Å². The van der Waals surface area contributed by atoms with Gasteiger partial charge in [0.25, 0.3) is 5.91 Å². The number of nitrogens with zero attached hydrogens (tertiary/aromatic N) is 2. The van der Waals surface area contributed by atoms with E-state index in [1.807, 2.05) is 37.6 Å². The lowest BCUT2D eigenvalue weighted by molar-refractivity contribution is 0.0997. The number of thiazole rings is 1. The van der Waals surface area contributed by atoms with Crippen molar-refractivity contribution in [3.8, 4) is 23.0 Å². The second-order valence-electron chi connectivity index (χ2n) is 6.06. The molecule has 0 aliphatic rings. The molecule has 3 rings (SSSR count). The Hall–Kier alpha value is -3.00. The van der Waals surface area contributed by atoms with Crippen LogP contribution in [0.25, 0.3) is 10.2 Å². The molecule has 1 aromatic heterocycles. The summed E-state index contributed by atoms with van der Waals surface area (Å²) >= 11 is 1.41. The topological polar surface area (TPSA) is 71.3 Å². The van der Waals surface area contributed by atoms with Gasteiger partial charge in [0.2, 0.25) is 0 Å². The number of fused-ring (bicyclic) bond motifs is 1. The fourth-order valence-electron chi connectivity index (χ4n) is 2.90. The van der Waals surface area contributed by atoms with Crippen molar-refractivity contribution in [3.05, 3.63) is 40.7 Å². The zero-order valence-corrected chi connectivity index (χ0v) is 18.0. The molecule has 0 atom stereocenters. The van der Waals surface area contributed by atoms with Crippen LogP contribution in [0.15, 0.2) is 35.3 Å². The predicted octanol–water partition coefficient (Wildman–Crippen LogP) is 3.80. The lowest BCUT2D eigenvalue weighted by Crippen LogP contribution is -2.13. The maximum atomic E-state index is 12.8. The molecule has 1 amide bonds. The lowest BCUT2D eigenvalue weighted by atomic mass is 10.2. The van der Waals surface area contributed by atoms with Gasteiger partial charge in [0.05, 0.1) is 37.6 Å². The van der Waals surface area contributed by atoms with E-state index in [0.717, 1.165) is 10.2 Å². The maximum Gasteiger partial charge on any atom is 0.279 e. The Kier molecular flexibility index (Phi) is 6.43. The number of hydrogen-bond donors (Lipinski definition) is 0. The van der Waals surface area contributed by atoms with Gasteiger partial charge in [-0.15, -0.1) is 0 Å². The molecular formula is C21H24N2O5S. The van der Waals surface area contributed by atoms with Gasteiger partial charge in [-0.05, 0) is 32.0 Å². The Morgan fingerprint density at radius 2 is 1.62 bits per heavy atom. The molecule has 0 fully saturated rings. The van der Waals surface area contributed by atoms with Crippen LogP contribution in [0.1, 0.15) is 24.2 Å². The van der Waals surface area contributed by atoms with Crippen LogP contribution in [0.2, 0.25) is 0 Å². The van der Waals surface area contributed by atoms with Gasteiger partial charge in [-0.1, -0.05) is 11.3 Å². The number of carbonyl (C=O) groups is 1. The highest BCUT2D eigenvalue weighted by molar-refractivity contribution is 7.16. The van der Waals surface area contributed by atoms with Crippen LogP contribution in [0.5, 0.6) is 23.0 Å². The molecule has 7 nitrogen and oxygen atoms in total. The maximum absolute atomic E-state index is 12.8. The number of carbonyl (C=O) groups excluding carboxylic acids is 1. The number of aromatic nitrogens is 1. The second kappa shape index (κ2) is 9.00. The Bertz CT molecular complexity index is 1100. The third kappa shape index (κ3) is 4.22. The highest BCUT2D eigenvalue weighted by Crippen LogP contribution is 2.33. The van der Waals surface area contributed by atoms with Gasteiger partial charge in [0.15, 0.2) is 27.8 Å². The molecule has 0 saturated heterocycles. The summed E-state index contributed by atoms with van der Waals surface area (Å²) in [6, 6.07) is 8.85. The van der Waals surface area contributed by atoms with Crippen molar-refractivity contribution in [2.45, 2.75) is 13.8 Å². The number of methoxy groups -OCH3 is 2. The van der Waals surface area contributed by atoms with Gasteiger partial charge in [0, 0.05) is 24.7 Å². The van der Waals surface area contributed by atoms with Crippen LogP contribution in [0, 0.1) is 0 Å². The normalized spacial score (nSPS) is 11.6. The number of ether oxygens (including phenoxy) is 4. The average molecular weight is 416 g/mol. The number of rotatable bonds is 7. The molecule has 0 bridgehead atoms. The van der Waals surface area contributed by atoms with E-state index in [0.29, 0.717) is 46.6 Å². The standard InChI is InChI=1S/C21H24N2O5S/c1-6-27-15-9-8-13(10-18(15)28-7-2)20(24)22-21-23(3)14-11-16(25-4)17(26-5)12-19(14)29-21/h8-12H,6-7H2,1-5H3. The summed E-state index contributed by atoms with van der Waals surface area (Å²) in [5.74, 6) is 2.05. The van der Waals surface area contributed by atoms with E-state index in [9.17, 15) is 4.79 Å².